The fourth-order valence-corrected chi connectivity index (χ4v) is 6.22. The number of anilines is 2. The number of nitrogens with two attached hydrogens (primary N) is 1. The van der Waals surface area contributed by atoms with Crippen molar-refractivity contribution < 1.29 is 4.74 Å². The van der Waals surface area contributed by atoms with Crippen molar-refractivity contribution in [1.82, 2.24) is 24.3 Å². The maximum atomic E-state index is 6.37. The van der Waals surface area contributed by atoms with Crippen molar-refractivity contribution in [3.63, 3.8) is 0 Å². The molecule has 0 aromatic carbocycles. The fraction of sp³-hybridized carbons (Fsp3) is 0.250. The van der Waals surface area contributed by atoms with Gasteiger partial charge in [0.1, 0.15) is 22.6 Å². The van der Waals surface area contributed by atoms with E-state index in [1.807, 2.05) is 30.5 Å². The molecule has 2 aliphatic heterocycles. The number of rotatable bonds is 3. The highest BCUT2D eigenvalue weighted by Crippen LogP contribution is 2.42. The minimum Gasteiger partial charge on any atom is -0.470 e. The third kappa shape index (κ3) is 3.00. The van der Waals surface area contributed by atoms with Gasteiger partial charge in [0, 0.05) is 55.2 Å². The maximum Gasteiger partial charge on any atom is 0.217 e. The number of nitrogens with zero attached hydrogens (tertiary/aromatic N) is 6. The van der Waals surface area contributed by atoms with Gasteiger partial charge in [0.05, 0.1) is 16.1 Å². The van der Waals surface area contributed by atoms with E-state index in [1.165, 1.54) is 17.3 Å². The number of nitrogen functional groups attached to an aromatic ring is 1. The summed E-state index contributed by atoms with van der Waals surface area (Å²) >= 11 is 7.90. The zero-order valence-corrected chi connectivity index (χ0v) is 19.7. The first-order valence-electron chi connectivity index (χ1n) is 11.2. The number of ether oxygens (including phenoxy) is 1. The lowest BCUT2D eigenvalue weighted by Crippen LogP contribution is -2.47. The second-order valence-corrected chi connectivity index (χ2v) is 10.3. The van der Waals surface area contributed by atoms with E-state index < -0.39 is 0 Å². The number of aromatic nitrogens is 5. The van der Waals surface area contributed by atoms with Crippen molar-refractivity contribution in [2.45, 2.75) is 34.7 Å². The first kappa shape index (κ1) is 20.1. The molecule has 0 atom stereocenters. The Balaban J connectivity index is 1.17. The molecule has 1 fully saturated rings. The maximum absolute atomic E-state index is 6.37. The number of halogens is 1. The minimum atomic E-state index is -0.151. The Labute approximate surface area is 204 Å². The molecule has 5 aromatic rings. The lowest BCUT2D eigenvalue weighted by atomic mass is 9.87. The molecule has 1 spiro atoms. The highest BCUT2D eigenvalue weighted by Gasteiger charge is 2.43. The Hall–Kier alpha value is -3.30. The zero-order valence-electron chi connectivity index (χ0n) is 18.1. The van der Waals surface area contributed by atoms with Gasteiger partial charge in [-0.3, -0.25) is 4.40 Å². The highest BCUT2D eigenvalue weighted by molar-refractivity contribution is 7.99. The molecular formula is C24H20ClN7OS. The highest BCUT2D eigenvalue weighted by atomic mass is 35.5. The largest absolute Gasteiger partial charge is 0.470 e. The van der Waals surface area contributed by atoms with Crippen LogP contribution in [0.25, 0.3) is 16.8 Å². The van der Waals surface area contributed by atoms with Crippen LogP contribution in [0.4, 0.5) is 11.6 Å². The Morgan fingerprint density at radius 3 is 2.76 bits per heavy atom. The monoisotopic (exact) mass is 489 g/mol. The molecule has 5 aromatic heterocycles. The summed E-state index contributed by atoms with van der Waals surface area (Å²) < 4.78 is 8.44. The van der Waals surface area contributed by atoms with Gasteiger partial charge in [-0.1, -0.05) is 29.4 Å². The summed E-state index contributed by atoms with van der Waals surface area (Å²) in [7, 11) is 0. The Bertz CT molecular complexity index is 1520. The van der Waals surface area contributed by atoms with E-state index in [-0.39, 0.29) is 5.60 Å². The Morgan fingerprint density at radius 2 is 1.91 bits per heavy atom. The molecule has 0 aliphatic carbocycles. The molecule has 0 amide bonds. The molecule has 170 valence electrons. The van der Waals surface area contributed by atoms with Gasteiger partial charge in [-0.15, -0.1) is 0 Å². The Kier molecular flexibility index (Phi) is 4.35. The van der Waals surface area contributed by atoms with E-state index in [0.29, 0.717) is 10.8 Å². The minimum absolute atomic E-state index is 0.151. The quantitative estimate of drug-likeness (QED) is 0.396. The predicted molar refractivity (Wildman–Crippen MR) is 132 cm³/mol. The molecule has 0 radical (unpaired) electrons. The molecule has 0 bridgehead atoms. The SMILES string of the molecule is Nc1nccc(Sc2ccc3nc(N4CCC5(CC4)Cc4cccnc4O5)c4cnc2n34)c1Cl. The van der Waals surface area contributed by atoms with Gasteiger partial charge < -0.3 is 15.4 Å². The van der Waals surface area contributed by atoms with Crippen LogP contribution < -0.4 is 15.4 Å². The van der Waals surface area contributed by atoms with Crippen LogP contribution in [0.3, 0.4) is 0 Å². The Morgan fingerprint density at radius 1 is 1.03 bits per heavy atom. The van der Waals surface area contributed by atoms with E-state index in [9.17, 15) is 0 Å². The molecule has 8 nitrogen and oxygen atoms in total. The molecule has 34 heavy (non-hydrogen) atoms. The summed E-state index contributed by atoms with van der Waals surface area (Å²) in [5.41, 5.74) is 9.70. The van der Waals surface area contributed by atoms with Crippen LogP contribution in [0, 0.1) is 0 Å². The molecule has 2 aliphatic rings. The van der Waals surface area contributed by atoms with E-state index in [2.05, 4.69) is 25.3 Å². The number of fused-ring (bicyclic) bond motifs is 1. The van der Waals surface area contributed by atoms with E-state index in [4.69, 9.17) is 32.0 Å². The third-order valence-electron chi connectivity index (χ3n) is 6.80. The molecule has 2 N–H and O–H groups in total. The van der Waals surface area contributed by atoms with Crippen molar-refractivity contribution in [2.24, 2.45) is 0 Å². The lowest BCUT2D eigenvalue weighted by Gasteiger charge is -2.38. The summed E-state index contributed by atoms with van der Waals surface area (Å²) in [5.74, 6) is 2.09. The lowest BCUT2D eigenvalue weighted by molar-refractivity contribution is 0.0628. The first-order valence-corrected chi connectivity index (χ1v) is 12.3. The van der Waals surface area contributed by atoms with Gasteiger partial charge in [-0.05, 0) is 24.3 Å². The van der Waals surface area contributed by atoms with Crippen molar-refractivity contribution in [1.29, 1.82) is 0 Å². The molecule has 7 rings (SSSR count). The molecule has 10 heteroatoms. The van der Waals surface area contributed by atoms with Crippen molar-refractivity contribution in [2.75, 3.05) is 23.7 Å². The first-order chi connectivity index (χ1) is 16.6. The smallest absolute Gasteiger partial charge is 0.217 e. The molecular weight excluding hydrogens is 470 g/mol. The number of pyridine rings is 3. The predicted octanol–water partition coefficient (Wildman–Crippen LogP) is 4.47. The molecule has 1 saturated heterocycles. The normalized spacial score (nSPS) is 17.0. The van der Waals surface area contributed by atoms with Crippen LogP contribution in [-0.2, 0) is 6.42 Å². The van der Waals surface area contributed by atoms with Gasteiger partial charge >= 0.3 is 0 Å². The van der Waals surface area contributed by atoms with Gasteiger partial charge in [-0.2, -0.15) is 0 Å². The van der Waals surface area contributed by atoms with Gasteiger partial charge in [0.2, 0.25) is 5.88 Å². The van der Waals surface area contributed by atoms with Crippen molar-refractivity contribution in [3.05, 3.63) is 59.5 Å². The fourth-order valence-electron chi connectivity index (χ4n) is 5.06. The average molecular weight is 490 g/mol. The van der Waals surface area contributed by atoms with Gasteiger partial charge in [0.15, 0.2) is 11.5 Å². The standard InChI is InChI=1S/C24H20ClN7OS/c25-19-16(5-9-27-20(19)26)34-17-3-4-18-30-21(15-13-29-22(17)32(15)18)31-10-6-24(7-11-31)12-14-2-1-8-28-23(14)33-24/h1-5,8-9,13H,6-7,10-12H2,(H2,26,27). The molecule has 0 unspecified atom stereocenters. The van der Waals surface area contributed by atoms with E-state index in [0.717, 1.165) is 70.7 Å². The summed E-state index contributed by atoms with van der Waals surface area (Å²) in [4.78, 5) is 22.3. The number of piperidine rings is 1. The third-order valence-corrected chi connectivity index (χ3v) is 8.40. The van der Waals surface area contributed by atoms with E-state index in [1.54, 1.807) is 12.4 Å². The van der Waals surface area contributed by atoms with Crippen LogP contribution in [-0.4, -0.2) is 43.0 Å². The zero-order chi connectivity index (χ0) is 22.9. The van der Waals surface area contributed by atoms with Crippen molar-refractivity contribution >= 4 is 51.8 Å². The summed E-state index contributed by atoms with van der Waals surface area (Å²) in [6.45, 7) is 1.75. The topological polar surface area (TPSA) is 94.5 Å². The number of hydrogen-bond acceptors (Lipinski definition) is 8. The van der Waals surface area contributed by atoms with Crippen LogP contribution in [0.1, 0.15) is 18.4 Å². The number of imidazole rings is 2. The number of hydrogen-bond donors (Lipinski definition) is 1. The summed E-state index contributed by atoms with van der Waals surface area (Å²) in [6.07, 6.45) is 8.17. The van der Waals surface area contributed by atoms with Crippen molar-refractivity contribution in [3.8, 4) is 5.88 Å². The summed E-state index contributed by atoms with van der Waals surface area (Å²) in [6, 6.07) is 10.0. The van der Waals surface area contributed by atoms with Crippen LogP contribution in [0.15, 0.2) is 58.7 Å². The van der Waals surface area contributed by atoms with Crippen LogP contribution in [0.5, 0.6) is 5.88 Å². The molecule has 0 saturated carbocycles. The van der Waals surface area contributed by atoms with Crippen LogP contribution >= 0.6 is 23.4 Å². The molecule has 7 heterocycles. The van der Waals surface area contributed by atoms with Gasteiger partial charge in [0.25, 0.3) is 0 Å². The summed E-state index contributed by atoms with van der Waals surface area (Å²) in [5, 5.41) is 0.460. The van der Waals surface area contributed by atoms with Crippen LogP contribution in [0.2, 0.25) is 5.02 Å². The van der Waals surface area contributed by atoms with Gasteiger partial charge in [-0.25, -0.2) is 19.9 Å². The second kappa shape index (κ2) is 7.35. The average Bonchev–Trinajstić information content (AvgIpc) is 3.54. The second-order valence-electron chi connectivity index (χ2n) is 8.82. The van der Waals surface area contributed by atoms with E-state index >= 15 is 0 Å².